The van der Waals surface area contributed by atoms with E-state index in [1.54, 1.807) is 0 Å². The Hall–Kier alpha value is -0.390. The third kappa shape index (κ3) is 2.30. The Kier molecular flexibility index (Phi) is 3.47. The van der Waals surface area contributed by atoms with Crippen LogP contribution in [0.15, 0.2) is 4.60 Å². The number of aromatic nitrogens is 2. The highest BCUT2D eigenvalue weighted by atomic mass is 79.9. The predicted octanol–water partition coefficient (Wildman–Crippen LogP) is 1.04. The second-order valence-electron chi connectivity index (χ2n) is 3.24. The van der Waals surface area contributed by atoms with Crippen molar-refractivity contribution in [1.29, 1.82) is 0 Å². The summed E-state index contributed by atoms with van der Waals surface area (Å²) in [4.78, 5) is 9.51. The van der Waals surface area contributed by atoms with E-state index in [0.29, 0.717) is 6.54 Å². The molecule has 0 amide bonds. The average Bonchev–Trinajstić information content (AvgIpc) is 2.31. The van der Waals surface area contributed by atoms with E-state index in [9.17, 15) is 0 Å². The maximum Gasteiger partial charge on any atom is 0.129 e. The number of hydrogen-bond donors (Lipinski definition) is 2. The lowest BCUT2D eigenvalue weighted by Gasteiger charge is -2.21. The van der Waals surface area contributed by atoms with Crippen LogP contribution in [0.4, 0.5) is 0 Å². The molecule has 1 rings (SSSR count). The first-order valence-corrected chi connectivity index (χ1v) is 4.94. The molecule has 13 heavy (non-hydrogen) atoms. The van der Waals surface area contributed by atoms with Gasteiger partial charge in [0.25, 0.3) is 0 Å². The van der Waals surface area contributed by atoms with E-state index in [0.717, 1.165) is 16.1 Å². The molecule has 0 aliphatic heterocycles. The smallest absolute Gasteiger partial charge is 0.129 e. The van der Waals surface area contributed by atoms with Crippen LogP contribution in [0, 0.1) is 6.92 Å². The summed E-state index contributed by atoms with van der Waals surface area (Å²) >= 11 is 3.40. The number of halogens is 1. The molecule has 4 nitrogen and oxygen atoms in total. The van der Waals surface area contributed by atoms with E-state index in [1.807, 2.05) is 21.0 Å². The van der Waals surface area contributed by atoms with Crippen LogP contribution in [-0.4, -0.2) is 35.5 Å². The van der Waals surface area contributed by atoms with Crippen LogP contribution in [0.1, 0.15) is 17.6 Å². The van der Waals surface area contributed by atoms with Crippen LogP contribution in [0.25, 0.3) is 0 Å². The number of aromatic amines is 1. The molecule has 1 unspecified atom stereocenters. The molecule has 0 fully saturated rings. The standard InChI is InChI=1S/C8H15BrN4/c1-5-11-7(8(9)12-5)6(4-10)13(2)3/h6H,4,10H2,1-3H3,(H,11,12). The van der Waals surface area contributed by atoms with Crippen LogP contribution >= 0.6 is 15.9 Å². The molecule has 74 valence electrons. The first-order valence-electron chi connectivity index (χ1n) is 4.14. The fourth-order valence-corrected chi connectivity index (χ4v) is 1.92. The van der Waals surface area contributed by atoms with Crippen molar-refractivity contribution in [2.24, 2.45) is 5.73 Å². The summed E-state index contributed by atoms with van der Waals surface area (Å²) in [5.41, 5.74) is 6.72. The fraction of sp³-hybridized carbons (Fsp3) is 0.625. The topological polar surface area (TPSA) is 57.9 Å². The van der Waals surface area contributed by atoms with Gasteiger partial charge in [-0.25, -0.2) is 4.98 Å². The lowest BCUT2D eigenvalue weighted by molar-refractivity contribution is 0.300. The van der Waals surface area contributed by atoms with Gasteiger partial charge in [-0.3, -0.25) is 4.90 Å². The summed E-state index contributed by atoms with van der Waals surface area (Å²) in [7, 11) is 4.00. The minimum absolute atomic E-state index is 0.190. The van der Waals surface area contributed by atoms with Crippen LogP contribution in [0.2, 0.25) is 0 Å². The fourth-order valence-electron chi connectivity index (χ4n) is 1.29. The molecular formula is C8H15BrN4. The van der Waals surface area contributed by atoms with Gasteiger partial charge in [-0.2, -0.15) is 0 Å². The first kappa shape index (κ1) is 10.7. The van der Waals surface area contributed by atoms with Crippen molar-refractivity contribution in [2.45, 2.75) is 13.0 Å². The summed E-state index contributed by atoms with van der Waals surface area (Å²) in [5, 5.41) is 0. The molecule has 0 radical (unpaired) electrons. The number of nitrogens with two attached hydrogens (primary N) is 1. The van der Waals surface area contributed by atoms with Crippen molar-refractivity contribution < 1.29 is 0 Å². The molecule has 0 bridgehead atoms. The van der Waals surface area contributed by atoms with Crippen LogP contribution in [-0.2, 0) is 0 Å². The van der Waals surface area contributed by atoms with E-state index in [4.69, 9.17) is 5.73 Å². The SMILES string of the molecule is Cc1nc(Br)c(C(CN)N(C)C)[nH]1. The van der Waals surface area contributed by atoms with Crippen LogP contribution < -0.4 is 5.73 Å². The molecular weight excluding hydrogens is 232 g/mol. The van der Waals surface area contributed by atoms with E-state index < -0.39 is 0 Å². The van der Waals surface area contributed by atoms with E-state index in [2.05, 4.69) is 30.8 Å². The van der Waals surface area contributed by atoms with Gasteiger partial charge in [0.05, 0.1) is 11.7 Å². The predicted molar refractivity (Wildman–Crippen MR) is 56.5 cm³/mol. The minimum Gasteiger partial charge on any atom is -0.344 e. The molecule has 3 N–H and O–H groups in total. The molecule has 1 heterocycles. The number of nitrogens with zero attached hydrogens (tertiary/aromatic N) is 2. The first-order chi connectivity index (χ1) is 6.06. The number of aryl methyl sites for hydroxylation is 1. The van der Waals surface area contributed by atoms with Crippen molar-refractivity contribution in [2.75, 3.05) is 20.6 Å². The van der Waals surface area contributed by atoms with Crippen molar-refractivity contribution in [3.05, 3.63) is 16.1 Å². The largest absolute Gasteiger partial charge is 0.344 e. The number of likely N-dealkylation sites (N-methyl/N-ethyl adjacent to an activating group) is 1. The van der Waals surface area contributed by atoms with Gasteiger partial charge in [-0.05, 0) is 36.9 Å². The van der Waals surface area contributed by atoms with Crippen molar-refractivity contribution >= 4 is 15.9 Å². The average molecular weight is 247 g/mol. The zero-order chi connectivity index (χ0) is 10.0. The summed E-state index contributed by atoms with van der Waals surface area (Å²) < 4.78 is 0.856. The van der Waals surface area contributed by atoms with Gasteiger partial charge in [0, 0.05) is 6.54 Å². The number of imidazole rings is 1. The zero-order valence-electron chi connectivity index (χ0n) is 8.13. The van der Waals surface area contributed by atoms with Gasteiger partial charge in [0.1, 0.15) is 10.4 Å². The van der Waals surface area contributed by atoms with Crippen LogP contribution in [0.3, 0.4) is 0 Å². The molecule has 1 aromatic heterocycles. The summed E-state index contributed by atoms with van der Waals surface area (Å²) in [6.45, 7) is 2.50. The number of rotatable bonds is 3. The second kappa shape index (κ2) is 4.21. The Labute approximate surface area is 86.7 Å². The Bertz CT molecular complexity index is 282. The van der Waals surface area contributed by atoms with Gasteiger partial charge >= 0.3 is 0 Å². The Morgan fingerprint density at radius 1 is 1.62 bits per heavy atom. The highest BCUT2D eigenvalue weighted by molar-refractivity contribution is 9.10. The van der Waals surface area contributed by atoms with Crippen molar-refractivity contribution in [3.8, 4) is 0 Å². The lowest BCUT2D eigenvalue weighted by atomic mass is 10.2. The van der Waals surface area contributed by atoms with Gasteiger partial charge in [0.2, 0.25) is 0 Å². The van der Waals surface area contributed by atoms with Crippen molar-refractivity contribution in [3.63, 3.8) is 0 Å². The molecule has 5 heteroatoms. The van der Waals surface area contributed by atoms with Gasteiger partial charge in [0.15, 0.2) is 0 Å². The second-order valence-corrected chi connectivity index (χ2v) is 3.99. The summed E-state index contributed by atoms with van der Waals surface area (Å²) in [5.74, 6) is 0.905. The van der Waals surface area contributed by atoms with Crippen molar-refractivity contribution in [1.82, 2.24) is 14.9 Å². The molecule has 0 spiro atoms. The highest BCUT2D eigenvalue weighted by Crippen LogP contribution is 2.23. The zero-order valence-corrected chi connectivity index (χ0v) is 9.72. The van der Waals surface area contributed by atoms with Gasteiger partial charge < -0.3 is 10.7 Å². The quantitative estimate of drug-likeness (QED) is 0.839. The van der Waals surface area contributed by atoms with E-state index in [1.165, 1.54) is 0 Å². The normalized spacial score (nSPS) is 13.7. The summed E-state index contributed by atoms with van der Waals surface area (Å²) in [6, 6.07) is 0.190. The maximum atomic E-state index is 5.67. The molecule has 0 aliphatic carbocycles. The minimum atomic E-state index is 0.190. The lowest BCUT2D eigenvalue weighted by Crippen LogP contribution is -2.27. The monoisotopic (exact) mass is 246 g/mol. The third-order valence-corrected chi connectivity index (χ3v) is 2.59. The van der Waals surface area contributed by atoms with Gasteiger partial charge in [-0.15, -0.1) is 0 Å². The number of H-pyrrole nitrogens is 1. The molecule has 0 aliphatic rings. The van der Waals surface area contributed by atoms with E-state index in [-0.39, 0.29) is 6.04 Å². The third-order valence-electron chi connectivity index (χ3n) is 1.98. The Morgan fingerprint density at radius 2 is 2.23 bits per heavy atom. The van der Waals surface area contributed by atoms with Crippen LogP contribution in [0.5, 0.6) is 0 Å². The number of hydrogen-bond acceptors (Lipinski definition) is 3. The Morgan fingerprint density at radius 3 is 2.54 bits per heavy atom. The van der Waals surface area contributed by atoms with E-state index >= 15 is 0 Å². The molecule has 1 aromatic rings. The highest BCUT2D eigenvalue weighted by Gasteiger charge is 2.17. The molecule has 1 atom stereocenters. The Balaban J connectivity index is 2.97. The number of nitrogens with one attached hydrogen (secondary N) is 1. The van der Waals surface area contributed by atoms with Gasteiger partial charge in [-0.1, -0.05) is 0 Å². The molecule has 0 saturated heterocycles. The molecule has 0 saturated carbocycles. The molecule has 0 aromatic carbocycles. The summed E-state index contributed by atoms with van der Waals surface area (Å²) in [6.07, 6.45) is 0. The maximum absolute atomic E-state index is 5.67.